The van der Waals surface area contributed by atoms with Crippen molar-refractivity contribution in [1.29, 1.82) is 0 Å². The van der Waals surface area contributed by atoms with Gasteiger partial charge in [-0.25, -0.2) is 4.98 Å². The molecule has 0 bridgehead atoms. The van der Waals surface area contributed by atoms with Gasteiger partial charge >= 0.3 is 0 Å². The Bertz CT molecular complexity index is 248. The number of methoxy groups -OCH3 is 1. The number of aromatic nitrogens is 1. The van der Waals surface area contributed by atoms with Gasteiger partial charge in [0.25, 0.3) is 0 Å². The summed E-state index contributed by atoms with van der Waals surface area (Å²) in [6.07, 6.45) is 0.789. The Labute approximate surface area is 72.6 Å². The standard InChI is InChI=1S/C9H14N2O/c1-7(10)6-8-4-3-5-9(11-8)12-2/h3-5,7H,6,10H2,1-2H3/t7-/m0/s1. The number of ether oxygens (including phenoxy) is 1. The Morgan fingerprint density at radius 2 is 2.33 bits per heavy atom. The van der Waals surface area contributed by atoms with E-state index in [-0.39, 0.29) is 6.04 Å². The lowest BCUT2D eigenvalue weighted by molar-refractivity contribution is 0.396. The summed E-state index contributed by atoms with van der Waals surface area (Å²) < 4.78 is 4.98. The number of hydrogen-bond acceptors (Lipinski definition) is 3. The van der Waals surface area contributed by atoms with Crippen LogP contribution in [-0.2, 0) is 6.42 Å². The molecule has 0 spiro atoms. The topological polar surface area (TPSA) is 48.1 Å². The highest BCUT2D eigenvalue weighted by Crippen LogP contribution is 2.07. The largest absolute Gasteiger partial charge is 0.481 e. The van der Waals surface area contributed by atoms with Crippen LogP contribution in [0.1, 0.15) is 12.6 Å². The van der Waals surface area contributed by atoms with E-state index in [0.29, 0.717) is 5.88 Å². The summed E-state index contributed by atoms with van der Waals surface area (Å²) in [6.45, 7) is 1.96. The van der Waals surface area contributed by atoms with Crippen LogP contribution in [0.2, 0.25) is 0 Å². The van der Waals surface area contributed by atoms with Gasteiger partial charge in [0.1, 0.15) is 0 Å². The fourth-order valence-corrected chi connectivity index (χ4v) is 1.01. The minimum Gasteiger partial charge on any atom is -0.481 e. The number of nitrogens with zero attached hydrogens (tertiary/aromatic N) is 1. The van der Waals surface area contributed by atoms with Gasteiger partial charge in [-0.05, 0) is 13.0 Å². The van der Waals surface area contributed by atoms with E-state index < -0.39 is 0 Å². The average Bonchev–Trinajstić information content (AvgIpc) is 2.03. The molecule has 66 valence electrons. The molecule has 2 N–H and O–H groups in total. The third kappa shape index (κ3) is 2.51. The maximum absolute atomic E-state index is 5.64. The van der Waals surface area contributed by atoms with Gasteiger partial charge in [-0.15, -0.1) is 0 Å². The van der Waals surface area contributed by atoms with E-state index in [0.717, 1.165) is 12.1 Å². The number of nitrogens with two attached hydrogens (primary N) is 1. The van der Waals surface area contributed by atoms with Crippen LogP contribution in [-0.4, -0.2) is 18.1 Å². The summed E-state index contributed by atoms with van der Waals surface area (Å²) in [5, 5.41) is 0. The van der Waals surface area contributed by atoms with Crippen molar-refractivity contribution in [3.8, 4) is 5.88 Å². The molecule has 0 amide bonds. The lowest BCUT2D eigenvalue weighted by Gasteiger charge is -2.05. The molecule has 3 heteroatoms. The number of rotatable bonds is 3. The molecule has 1 rings (SSSR count). The van der Waals surface area contributed by atoms with Crippen LogP contribution in [0.3, 0.4) is 0 Å². The molecular formula is C9H14N2O. The predicted octanol–water partition coefficient (Wildman–Crippen LogP) is 0.980. The lowest BCUT2D eigenvalue weighted by atomic mass is 10.2. The summed E-state index contributed by atoms with van der Waals surface area (Å²) in [7, 11) is 1.61. The molecule has 1 atom stereocenters. The third-order valence-corrected chi connectivity index (χ3v) is 1.52. The first kappa shape index (κ1) is 9.00. The SMILES string of the molecule is COc1cccc(C[C@H](C)N)n1. The Morgan fingerprint density at radius 3 is 2.92 bits per heavy atom. The molecule has 0 unspecified atom stereocenters. The molecule has 1 aromatic rings. The van der Waals surface area contributed by atoms with Crippen LogP contribution in [0.5, 0.6) is 5.88 Å². The fraction of sp³-hybridized carbons (Fsp3) is 0.444. The highest BCUT2D eigenvalue weighted by molar-refractivity contribution is 5.16. The van der Waals surface area contributed by atoms with E-state index in [1.165, 1.54) is 0 Å². The van der Waals surface area contributed by atoms with E-state index in [1.807, 2.05) is 25.1 Å². The Hall–Kier alpha value is -1.09. The second-order valence-corrected chi connectivity index (χ2v) is 2.85. The first-order valence-electron chi connectivity index (χ1n) is 3.98. The zero-order chi connectivity index (χ0) is 8.97. The van der Waals surface area contributed by atoms with Crippen molar-refractivity contribution in [2.24, 2.45) is 5.73 Å². The molecule has 1 aromatic heterocycles. The van der Waals surface area contributed by atoms with Crippen molar-refractivity contribution in [1.82, 2.24) is 4.98 Å². The van der Waals surface area contributed by atoms with Crippen molar-refractivity contribution in [3.63, 3.8) is 0 Å². The van der Waals surface area contributed by atoms with Crippen molar-refractivity contribution >= 4 is 0 Å². The van der Waals surface area contributed by atoms with E-state index in [4.69, 9.17) is 10.5 Å². The van der Waals surface area contributed by atoms with Gasteiger partial charge in [-0.1, -0.05) is 6.07 Å². The normalized spacial score (nSPS) is 12.6. The second-order valence-electron chi connectivity index (χ2n) is 2.85. The number of hydrogen-bond donors (Lipinski definition) is 1. The van der Waals surface area contributed by atoms with Crippen LogP contribution < -0.4 is 10.5 Å². The van der Waals surface area contributed by atoms with Crippen LogP contribution in [0.15, 0.2) is 18.2 Å². The highest BCUT2D eigenvalue weighted by Gasteiger charge is 1.99. The van der Waals surface area contributed by atoms with Crippen LogP contribution in [0.4, 0.5) is 0 Å². The van der Waals surface area contributed by atoms with Crippen molar-refractivity contribution in [2.75, 3.05) is 7.11 Å². The lowest BCUT2D eigenvalue weighted by Crippen LogP contribution is -2.18. The van der Waals surface area contributed by atoms with Gasteiger partial charge in [0.2, 0.25) is 5.88 Å². The Kier molecular flexibility index (Phi) is 3.05. The minimum absolute atomic E-state index is 0.143. The summed E-state index contributed by atoms with van der Waals surface area (Å²) in [4.78, 5) is 4.23. The van der Waals surface area contributed by atoms with Gasteiger partial charge in [0, 0.05) is 24.2 Å². The molecule has 0 aliphatic carbocycles. The van der Waals surface area contributed by atoms with Gasteiger partial charge < -0.3 is 10.5 Å². The quantitative estimate of drug-likeness (QED) is 0.728. The third-order valence-electron chi connectivity index (χ3n) is 1.52. The molecule has 0 aromatic carbocycles. The van der Waals surface area contributed by atoms with Crippen LogP contribution in [0.25, 0.3) is 0 Å². The summed E-state index contributed by atoms with van der Waals surface area (Å²) in [5.41, 5.74) is 6.61. The maximum Gasteiger partial charge on any atom is 0.213 e. The molecule has 0 saturated carbocycles. The molecule has 12 heavy (non-hydrogen) atoms. The van der Waals surface area contributed by atoms with E-state index in [9.17, 15) is 0 Å². The molecule has 0 aliphatic rings. The smallest absolute Gasteiger partial charge is 0.213 e. The Balaban J connectivity index is 2.72. The first-order chi connectivity index (χ1) is 5.72. The van der Waals surface area contributed by atoms with Crippen LogP contribution >= 0.6 is 0 Å². The molecule has 1 heterocycles. The molecule has 3 nitrogen and oxygen atoms in total. The zero-order valence-corrected chi connectivity index (χ0v) is 7.45. The van der Waals surface area contributed by atoms with E-state index in [2.05, 4.69) is 4.98 Å². The van der Waals surface area contributed by atoms with Crippen molar-refractivity contribution in [3.05, 3.63) is 23.9 Å². The molecule has 0 fully saturated rings. The van der Waals surface area contributed by atoms with Gasteiger partial charge in [-0.3, -0.25) is 0 Å². The first-order valence-corrected chi connectivity index (χ1v) is 3.98. The number of pyridine rings is 1. The summed E-state index contributed by atoms with van der Waals surface area (Å²) in [5.74, 6) is 0.646. The monoisotopic (exact) mass is 166 g/mol. The molecule has 0 saturated heterocycles. The van der Waals surface area contributed by atoms with Gasteiger partial charge in [0.05, 0.1) is 7.11 Å². The van der Waals surface area contributed by atoms with E-state index >= 15 is 0 Å². The highest BCUT2D eigenvalue weighted by atomic mass is 16.5. The van der Waals surface area contributed by atoms with Gasteiger partial charge in [-0.2, -0.15) is 0 Å². The fourth-order valence-electron chi connectivity index (χ4n) is 1.01. The molecular weight excluding hydrogens is 152 g/mol. The average molecular weight is 166 g/mol. The van der Waals surface area contributed by atoms with Crippen LogP contribution in [0, 0.1) is 0 Å². The maximum atomic E-state index is 5.64. The molecule has 0 aliphatic heterocycles. The van der Waals surface area contributed by atoms with E-state index in [1.54, 1.807) is 7.11 Å². The second kappa shape index (κ2) is 4.07. The molecule has 0 radical (unpaired) electrons. The van der Waals surface area contributed by atoms with Crippen molar-refractivity contribution in [2.45, 2.75) is 19.4 Å². The minimum atomic E-state index is 0.143. The van der Waals surface area contributed by atoms with Gasteiger partial charge in [0.15, 0.2) is 0 Å². The summed E-state index contributed by atoms with van der Waals surface area (Å²) in [6, 6.07) is 5.84. The predicted molar refractivity (Wildman–Crippen MR) is 48.1 cm³/mol. The summed E-state index contributed by atoms with van der Waals surface area (Å²) >= 11 is 0. The zero-order valence-electron chi connectivity index (χ0n) is 7.45. The Morgan fingerprint density at radius 1 is 1.58 bits per heavy atom. The van der Waals surface area contributed by atoms with Crippen molar-refractivity contribution < 1.29 is 4.74 Å².